The van der Waals surface area contributed by atoms with Crippen molar-refractivity contribution in [2.24, 2.45) is 0 Å². The molecule has 172 valence electrons. The van der Waals surface area contributed by atoms with Crippen molar-refractivity contribution in [3.63, 3.8) is 0 Å². The van der Waals surface area contributed by atoms with Gasteiger partial charge in [-0.2, -0.15) is 0 Å². The number of nitrogens with zero attached hydrogens (tertiary/aromatic N) is 3. The van der Waals surface area contributed by atoms with Gasteiger partial charge in [-0.1, -0.05) is 18.2 Å². The highest BCUT2D eigenvalue weighted by Crippen LogP contribution is 2.28. The Morgan fingerprint density at radius 2 is 1.67 bits per heavy atom. The van der Waals surface area contributed by atoms with Crippen LogP contribution in [0.15, 0.2) is 54.9 Å². The summed E-state index contributed by atoms with van der Waals surface area (Å²) in [6.45, 7) is 7.39. The van der Waals surface area contributed by atoms with Crippen LogP contribution in [0, 0.1) is 0 Å². The van der Waals surface area contributed by atoms with Crippen molar-refractivity contribution in [1.82, 2.24) is 15.3 Å². The first-order valence-electron chi connectivity index (χ1n) is 11.5. The molecule has 7 nitrogen and oxygen atoms in total. The average molecular weight is 447 g/mol. The molecule has 7 heteroatoms. The lowest BCUT2D eigenvalue weighted by Crippen LogP contribution is -2.22. The van der Waals surface area contributed by atoms with Gasteiger partial charge in [0.2, 0.25) is 5.95 Å². The highest BCUT2D eigenvalue weighted by atomic mass is 16.5. The molecule has 0 atom stereocenters. The third-order valence-corrected chi connectivity index (χ3v) is 5.55. The van der Waals surface area contributed by atoms with Crippen molar-refractivity contribution >= 4 is 11.9 Å². The van der Waals surface area contributed by atoms with Crippen LogP contribution in [0.5, 0.6) is 11.5 Å². The Morgan fingerprint density at radius 1 is 0.939 bits per heavy atom. The fraction of sp³-hybridized carbons (Fsp3) is 0.346. The maximum absolute atomic E-state index is 12.8. The molecule has 33 heavy (non-hydrogen) atoms. The molecule has 0 saturated carbocycles. The molecule has 1 aromatic heterocycles. The zero-order chi connectivity index (χ0) is 23.0. The summed E-state index contributed by atoms with van der Waals surface area (Å²) in [6.07, 6.45) is 6.03. The van der Waals surface area contributed by atoms with Crippen LogP contribution >= 0.6 is 0 Å². The van der Waals surface area contributed by atoms with Gasteiger partial charge in [-0.05, 0) is 62.1 Å². The monoisotopic (exact) mass is 446 g/mol. The lowest BCUT2D eigenvalue weighted by Gasteiger charge is -2.15. The van der Waals surface area contributed by atoms with E-state index >= 15 is 0 Å². The van der Waals surface area contributed by atoms with E-state index < -0.39 is 0 Å². The van der Waals surface area contributed by atoms with Crippen LogP contribution in [0.25, 0.3) is 11.1 Å². The Bertz CT molecular complexity index is 1080. The highest BCUT2D eigenvalue weighted by molar-refractivity contribution is 5.95. The molecule has 0 spiro atoms. The first-order chi connectivity index (χ1) is 16.2. The van der Waals surface area contributed by atoms with E-state index in [0.717, 1.165) is 35.7 Å². The predicted molar refractivity (Wildman–Crippen MR) is 129 cm³/mol. The zero-order valence-corrected chi connectivity index (χ0v) is 19.2. The van der Waals surface area contributed by atoms with Crippen LogP contribution in [0.1, 0.15) is 42.6 Å². The quantitative estimate of drug-likeness (QED) is 0.523. The maximum Gasteiger partial charge on any atom is 0.251 e. The van der Waals surface area contributed by atoms with Crippen LogP contribution in [0.2, 0.25) is 0 Å². The molecule has 0 unspecified atom stereocenters. The largest absolute Gasteiger partial charge is 0.490 e. The van der Waals surface area contributed by atoms with Gasteiger partial charge in [-0.25, -0.2) is 9.97 Å². The number of benzene rings is 2. The van der Waals surface area contributed by atoms with Gasteiger partial charge < -0.3 is 19.7 Å². The number of carbonyl (C=O) groups excluding carboxylic acids is 1. The third kappa shape index (κ3) is 5.61. The summed E-state index contributed by atoms with van der Waals surface area (Å²) in [4.78, 5) is 24.1. The van der Waals surface area contributed by atoms with E-state index in [4.69, 9.17) is 9.47 Å². The lowest BCUT2D eigenvalue weighted by molar-refractivity contribution is 0.0951. The Balaban J connectivity index is 1.42. The Hall–Kier alpha value is -3.61. The van der Waals surface area contributed by atoms with E-state index in [9.17, 15) is 4.79 Å². The number of rotatable bonds is 9. The molecule has 1 aliphatic rings. The molecule has 0 aliphatic carbocycles. The first kappa shape index (κ1) is 22.6. The van der Waals surface area contributed by atoms with Gasteiger partial charge in [0, 0.05) is 43.2 Å². The highest BCUT2D eigenvalue weighted by Gasteiger charge is 2.15. The molecule has 2 heterocycles. The third-order valence-electron chi connectivity index (χ3n) is 5.55. The lowest BCUT2D eigenvalue weighted by atomic mass is 10.1. The van der Waals surface area contributed by atoms with Crippen molar-refractivity contribution in [1.29, 1.82) is 0 Å². The Kier molecular flexibility index (Phi) is 7.40. The van der Waals surface area contributed by atoms with E-state index in [1.807, 2.05) is 68.7 Å². The molecule has 1 fully saturated rings. The molecule has 0 bridgehead atoms. The molecule has 2 aromatic carbocycles. The molecular weight excluding hydrogens is 416 g/mol. The Labute approximate surface area is 194 Å². The number of hydrogen-bond acceptors (Lipinski definition) is 6. The van der Waals surface area contributed by atoms with Crippen LogP contribution in [-0.4, -0.2) is 42.2 Å². The maximum atomic E-state index is 12.8. The topological polar surface area (TPSA) is 76.6 Å². The van der Waals surface area contributed by atoms with E-state index in [1.54, 1.807) is 0 Å². The number of aromatic nitrogens is 2. The molecule has 3 aromatic rings. The average Bonchev–Trinajstić information content (AvgIpc) is 3.39. The van der Waals surface area contributed by atoms with E-state index in [2.05, 4.69) is 20.2 Å². The summed E-state index contributed by atoms with van der Waals surface area (Å²) in [5.74, 6) is 2.02. The van der Waals surface area contributed by atoms with Crippen LogP contribution in [0.3, 0.4) is 0 Å². The van der Waals surface area contributed by atoms with E-state index in [1.165, 1.54) is 12.8 Å². The van der Waals surface area contributed by atoms with Crippen molar-refractivity contribution in [3.05, 3.63) is 66.0 Å². The molecule has 1 aliphatic heterocycles. The molecule has 1 saturated heterocycles. The zero-order valence-electron chi connectivity index (χ0n) is 19.2. The van der Waals surface area contributed by atoms with Gasteiger partial charge in [0.25, 0.3) is 5.91 Å². The van der Waals surface area contributed by atoms with Crippen molar-refractivity contribution < 1.29 is 14.3 Å². The minimum Gasteiger partial charge on any atom is -0.490 e. The second-order valence-electron chi connectivity index (χ2n) is 7.88. The number of nitrogens with one attached hydrogen (secondary N) is 1. The summed E-state index contributed by atoms with van der Waals surface area (Å²) < 4.78 is 11.3. The van der Waals surface area contributed by atoms with Crippen molar-refractivity contribution in [3.8, 4) is 22.6 Å². The predicted octanol–water partition coefficient (Wildman–Crippen LogP) is 4.47. The summed E-state index contributed by atoms with van der Waals surface area (Å²) in [5.41, 5.74) is 3.33. The second kappa shape index (κ2) is 10.8. The van der Waals surface area contributed by atoms with Gasteiger partial charge in [0.1, 0.15) is 0 Å². The summed E-state index contributed by atoms with van der Waals surface area (Å²) in [6, 6.07) is 13.2. The molecule has 1 N–H and O–H groups in total. The number of hydrogen-bond donors (Lipinski definition) is 1. The SMILES string of the molecule is CCOc1ccc(CNC(=O)c2cccc(-c3cnc(N4CCCC4)nc3)c2)cc1OCC. The number of ether oxygens (including phenoxy) is 2. The second-order valence-corrected chi connectivity index (χ2v) is 7.88. The minimum absolute atomic E-state index is 0.140. The van der Waals surface area contributed by atoms with Gasteiger partial charge in [-0.15, -0.1) is 0 Å². The standard InChI is InChI=1S/C26H30N4O3/c1-3-32-23-11-10-19(14-24(23)33-4-2)16-27-25(31)21-9-7-8-20(15-21)22-17-28-26(29-18-22)30-12-5-6-13-30/h7-11,14-15,17-18H,3-6,12-13,16H2,1-2H3,(H,27,31). The molecule has 4 rings (SSSR count). The fourth-order valence-electron chi connectivity index (χ4n) is 3.88. The molecule has 1 amide bonds. The van der Waals surface area contributed by atoms with E-state index in [0.29, 0.717) is 36.8 Å². The summed E-state index contributed by atoms with van der Waals surface area (Å²) >= 11 is 0. The normalized spacial score (nSPS) is 13.1. The Morgan fingerprint density at radius 3 is 2.39 bits per heavy atom. The molecule has 0 radical (unpaired) electrons. The molecular formula is C26H30N4O3. The fourth-order valence-corrected chi connectivity index (χ4v) is 3.88. The van der Waals surface area contributed by atoms with Gasteiger partial charge >= 0.3 is 0 Å². The van der Waals surface area contributed by atoms with Gasteiger partial charge in [0.05, 0.1) is 13.2 Å². The number of anilines is 1. The number of amides is 1. The van der Waals surface area contributed by atoms with Crippen molar-refractivity contribution in [2.75, 3.05) is 31.2 Å². The van der Waals surface area contributed by atoms with E-state index in [-0.39, 0.29) is 5.91 Å². The summed E-state index contributed by atoms with van der Waals surface area (Å²) in [5, 5.41) is 2.99. The minimum atomic E-state index is -0.140. The van der Waals surface area contributed by atoms with Crippen LogP contribution < -0.4 is 19.7 Å². The number of carbonyl (C=O) groups is 1. The van der Waals surface area contributed by atoms with Gasteiger partial charge in [-0.3, -0.25) is 4.79 Å². The first-order valence-corrected chi connectivity index (χ1v) is 11.5. The van der Waals surface area contributed by atoms with Gasteiger partial charge in [0.15, 0.2) is 11.5 Å². The van der Waals surface area contributed by atoms with Crippen LogP contribution in [0.4, 0.5) is 5.95 Å². The smallest absolute Gasteiger partial charge is 0.251 e. The summed E-state index contributed by atoms with van der Waals surface area (Å²) in [7, 11) is 0. The van der Waals surface area contributed by atoms with Crippen molar-refractivity contribution in [2.45, 2.75) is 33.2 Å². The van der Waals surface area contributed by atoms with Crippen LogP contribution in [-0.2, 0) is 6.54 Å².